The number of carbonyl (C=O) groups is 1. The SMILES string of the molecule is COc1cc(Br)c(C(=O)c2ccc(Br)o2)cc1OC. The Kier molecular flexibility index (Phi) is 4.31. The number of furan rings is 1. The van der Waals surface area contributed by atoms with Gasteiger partial charge in [-0.25, -0.2) is 0 Å². The van der Waals surface area contributed by atoms with Crippen LogP contribution in [0.3, 0.4) is 0 Å². The highest BCUT2D eigenvalue weighted by Crippen LogP contribution is 2.34. The molecule has 1 aromatic carbocycles. The van der Waals surface area contributed by atoms with Gasteiger partial charge in [0.15, 0.2) is 21.9 Å². The van der Waals surface area contributed by atoms with Crippen LogP contribution in [0.15, 0.2) is 37.8 Å². The van der Waals surface area contributed by atoms with E-state index in [4.69, 9.17) is 13.9 Å². The van der Waals surface area contributed by atoms with Gasteiger partial charge in [-0.3, -0.25) is 4.79 Å². The number of hydrogen-bond acceptors (Lipinski definition) is 4. The average molecular weight is 390 g/mol. The van der Waals surface area contributed by atoms with Gasteiger partial charge >= 0.3 is 0 Å². The predicted molar refractivity (Wildman–Crippen MR) is 77.1 cm³/mol. The maximum atomic E-state index is 12.3. The summed E-state index contributed by atoms with van der Waals surface area (Å²) >= 11 is 6.51. The zero-order chi connectivity index (χ0) is 14.0. The van der Waals surface area contributed by atoms with Crippen molar-refractivity contribution in [3.05, 3.63) is 44.7 Å². The fraction of sp³-hybridized carbons (Fsp3) is 0.154. The van der Waals surface area contributed by atoms with Gasteiger partial charge in [-0.1, -0.05) is 0 Å². The average Bonchev–Trinajstić information content (AvgIpc) is 2.84. The van der Waals surface area contributed by atoms with Crippen LogP contribution in [0.2, 0.25) is 0 Å². The van der Waals surface area contributed by atoms with Gasteiger partial charge < -0.3 is 13.9 Å². The quantitative estimate of drug-likeness (QED) is 0.740. The molecule has 1 heterocycles. The maximum absolute atomic E-state index is 12.3. The molecule has 2 rings (SSSR count). The molecular weight excluding hydrogens is 380 g/mol. The molecule has 6 heteroatoms. The molecule has 4 nitrogen and oxygen atoms in total. The molecule has 0 aliphatic rings. The highest BCUT2D eigenvalue weighted by atomic mass is 79.9. The lowest BCUT2D eigenvalue weighted by Crippen LogP contribution is -2.02. The predicted octanol–water partition coefficient (Wildman–Crippen LogP) is 4.05. The first-order chi connectivity index (χ1) is 9.06. The molecule has 0 fully saturated rings. The summed E-state index contributed by atoms with van der Waals surface area (Å²) < 4.78 is 16.7. The standard InChI is InChI=1S/C13H10Br2O4/c1-17-10-5-7(8(14)6-11(10)18-2)13(16)9-3-4-12(15)19-9/h3-6H,1-2H3. The van der Waals surface area contributed by atoms with Gasteiger partial charge in [-0.05, 0) is 56.1 Å². The first-order valence-electron chi connectivity index (χ1n) is 5.28. The second-order valence-electron chi connectivity index (χ2n) is 3.62. The molecule has 0 N–H and O–H groups in total. The molecule has 0 aliphatic carbocycles. The summed E-state index contributed by atoms with van der Waals surface area (Å²) in [4.78, 5) is 12.3. The maximum Gasteiger partial charge on any atom is 0.229 e. The fourth-order valence-electron chi connectivity index (χ4n) is 1.60. The van der Waals surface area contributed by atoms with Crippen molar-refractivity contribution in [3.63, 3.8) is 0 Å². The molecule has 0 saturated heterocycles. The van der Waals surface area contributed by atoms with E-state index in [1.807, 2.05) is 0 Å². The highest BCUT2D eigenvalue weighted by molar-refractivity contribution is 9.10. The Bertz CT molecular complexity index is 619. The van der Waals surface area contributed by atoms with Gasteiger partial charge in [0.2, 0.25) is 5.78 Å². The second kappa shape index (κ2) is 5.79. The minimum Gasteiger partial charge on any atom is -0.493 e. The van der Waals surface area contributed by atoms with Gasteiger partial charge in [-0.15, -0.1) is 0 Å². The molecule has 0 bridgehead atoms. The Morgan fingerprint density at radius 3 is 2.26 bits per heavy atom. The van der Waals surface area contributed by atoms with E-state index in [-0.39, 0.29) is 11.5 Å². The summed E-state index contributed by atoms with van der Waals surface area (Å²) in [5.74, 6) is 1.05. The van der Waals surface area contributed by atoms with Gasteiger partial charge in [0.05, 0.1) is 14.2 Å². The lowest BCUT2D eigenvalue weighted by molar-refractivity contribution is 0.101. The number of rotatable bonds is 4. The fourth-order valence-corrected chi connectivity index (χ4v) is 2.41. The molecule has 100 valence electrons. The van der Waals surface area contributed by atoms with E-state index in [0.29, 0.717) is 26.2 Å². The van der Waals surface area contributed by atoms with Gasteiger partial charge in [0.1, 0.15) is 0 Å². The van der Waals surface area contributed by atoms with E-state index in [1.165, 1.54) is 14.2 Å². The Morgan fingerprint density at radius 2 is 1.74 bits per heavy atom. The van der Waals surface area contributed by atoms with E-state index in [2.05, 4.69) is 31.9 Å². The largest absolute Gasteiger partial charge is 0.493 e. The van der Waals surface area contributed by atoms with Crippen molar-refractivity contribution in [3.8, 4) is 11.5 Å². The van der Waals surface area contributed by atoms with Crippen LogP contribution in [0, 0.1) is 0 Å². The van der Waals surface area contributed by atoms with Crippen molar-refractivity contribution in [2.24, 2.45) is 0 Å². The number of benzene rings is 1. The number of carbonyl (C=O) groups excluding carboxylic acids is 1. The zero-order valence-corrected chi connectivity index (χ0v) is 13.4. The lowest BCUT2D eigenvalue weighted by Gasteiger charge is -2.10. The number of ketones is 1. The van der Waals surface area contributed by atoms with Crippen molar-refractivity contribution in [1.82, 2.24) is 0 Å². The number of methoxy groups -OCH3 is 2. The van der Waals surface area contributed by atoms with Crippen LogP contribution in [-0.2, 0) is 0 Å². The van der Waals surface area contributed by atoms with Gasteiger partial charge in [0, 0.05) is 10.0 Å². The molecule has 2 aromatic rings. The smallest absolute Gasteiger partial charge is 0.229 e. The van der Waals surface area contributed by atoms with Gasteiger partial charge in [-0.2, -0.15) is 0 Å². The Balaban J connectivity index is 2.47. The number of ether oxygens (including phenoxy) is 2. The Hall–Kier alpha value is -1.27. The first kappa shape index (κ1) is 14.1. The van der Waals surface area contributed by atoms with Crippen LogP contribution >= 0.6 is 31.9 Å². The third-order valence-electron chi connectivity index (χ3n) is 2.51. The van der Waals surface area contributed by atoms with Crippen molar-refractivity contribution < 1.29 is 18.7 Å². The van der Waals surface area contributed by atoms with E-state index >= 15 is 0 Å². The number of halogens is 2. The van der Waals surface area contributed by atoms with E-state index in [9.17, 15) is 4.79 Å². The van der Waals surface area contributed by atoms with E-state index in [0.717, 1.165) is 0 Å². The van der Waals surface area contributed by atoms with E-state index in [1.54, 1.807) is 24.3 Å². The molecule has 0 aliphatic heterocycles. The lowest BCUT2D eigenvalue weighted by atomic mass is 10.1. The molecule has 1 aromatic heterocycles. The Labute approximate surface area is 127 Å². The van der Waals surface area contributed by atoms with Crippen LogP contribution in [0.25, 0.3) is 0 Å². The summed E-state index contributed by atoms with van der Waals surface area (Å²) in [5.41, 5.74) is 0.444. The molecule has 0 saturated carbocycles. The van der Waals surface area contributed by atoms with Crippen LogP contribution in [0.5, 0.6) is 11.5 Å². The molecule has 19 heavy (non-hydrogen) atoms. The third kappa shape index (κ3) is 2.84. The van der Waals surface area contributed by atoms with Crippen molar-refractivity contribution >= 4 is 37.6 Å². The van der Waals surface area contributed by atoms with Crippen molar-refractivity contribution in [1.29, 1.82) is 0 Å². The molecule has 0 radical (unpaired) electrons. The summed E-state index contributed by atoms with van der Waals surface area (Å²) in [5, 5.41) is 0. The zero-order valence-electron chi connectivity index (χ0n) is 10.2. The summed E-state index contributed by atoms with van der Waals surface area (Å²) in [6.07, 6.45) is 0. The van der Waals surface area contributed by atoms with Crippen molar-refractivity contribution in [2.75, 3.05) is 14.2 Å². The van der Waals surface area contributed by atoms with Crippen LogP contribution < -0.4 is 9.47 Å². The van der Waals surface area contributed by atoms with E-state index < -0.39 is 0 Å². The second-order valence-corrected chi connectivity index (χ2v) is 5.26. The normalized spacial score (nSPS) is 10.3. The molecular formula is C13H10Br2O4. The van der Waals surface area contributed by atoms with Crippen molar-refractivity contribution in [2.45, 2.75) is 0 Å². The molecule has 0 atom stereocenters. The third-order valence-corrected chi connectivity index (χ3v) is 3.60. The van der Waals surface area contributed by atoms with Crippen LogP contribution in [0.4, 0.5) is 0 Å². The van der Waals surface area contributed by atoms with Crippen LogP contribution in [0.1, 0.15) is 16.1 Å². The summed E-state index contributed by atoms with van der Waals surface area (Å²) in [7, 11) is 3.05. The van der Waals surface area contributed by atoms with Gasteiger partial charge in [0.25, 0.3) is 0 Å². The van der Waals surface area contributed by atoms with Crippen LogP contribution in [-0.4, -0.2) is 20.0 Å². The summed E-state index contributed by atoms with van der Waals surface area (Å²) in [6.45, 7) is 0. The Morgan fingerprint density at radius 1 is 1.11 bits per heavy atom. The monoisotopic (exact) mass is 388 g/mol. The number of hydrogen-bond donors (Lipinski definition) is 0. The molecule has 0 spiro atoms. The first-order valence-corrected chi connectivity index (χ1v) is 6.87. The summed E-state index contributed by atoms with van der Waals surface area (Å²) in [6, 6.07) is 6.57. The topological polar surface area (TPSA) is 48.7 Å². The minimum absolute atomic E-state index is 0.237. The molecule has 0 unspecified atom stereocenters. The highest BCUT2D eigenvalue weighted by Gasteiger charge is 2.19. The molecule has 0 amide bonds. The minimum atomic E-state index is -0.237.